The van der Waals surface area contributed by atoms with E-state index in [1.807, 2.05) is 56.7 Å². The van der Waals surface area contributed by atoms with Crippen molar-refractivity contribution >= 4 is 43.7 Å². The molecule has 1 N–H and O–H groups in total. The largest absolute Gasteiger partial charge is 0.465 e. The first-order valence-corrected chi connectivity index (χ1v) is 9.36. The molecule has 0 radical (unpaired) electrons. The van der Waals surface area contributed by atoms with Crippen LogP contribution in [0.1, 0.15) is 24.0 Å². The number of esters is 1. The van der Waals surface area contributed by atoms with Crippen LogP contribution in [0.5, 0.6) is 0 Å². The fourth-order valence-corrected chi connectivity index (χ4v) is 3.96. The predicted octanol–water partition coefficient (Wildman–Crippen LogP) is 5.12. The van der Waals surface area contributed by atoms with Gasteiger partial charge >= 0.3 is 5.97 Å². The highest BCUT2D eigenvalue weighted by Gasteiger charge is 2.29. The van der Waals surface area contributed by atoms with Gasteiger partial charge in [-0.25, -0.2) is 0 Å². The van der Waals surface area contributed by atoms with Crippen molar-refractivity contribution in [2.75, 3.05) is 6.61 Å². The van der Waals surface area contributed by atoms with Crippen LogP contribution in [-0.4, -0.2) is 22.1 Å². The lowest BCUT2D eigenvalue weighted by atomic mass is 9.90. The van der Waals surface area contributed by atoms with Gasteiger partial charge in [0, 0.05) is 45.7 Å². The molecule has 4 nitrogen and oxygen atoms in total. The van der Waals surface area contributed by atoms with Gasteiger partial charge in [-0.3, -0.25) is 4.79 Å². The first-order valence-electron chi connectivity index (χ1n) is 8.57. The molecule has 1 atom stereocenters. The number of benzene rings is 2. The Morgan fingerprint density at radius 3 is 2.81 bits per heavy atom. The summed E-state index contributed by atoms with van der Waals surface area (Å²) < 4.78 is 8.48. The number of aromatic nitrogens is 2. The van der Waals surface area contributed by atoms with Gasteiger partial charge < -0.3 is 14.3 Å². The van der Waals surface area contributed by atoms with Crippen molar-refractivity contribution in [3.05, 3.63) is 70.5 Å². The third-order valence-corrected chi connectivity index (χ3v) is 5.24. The standard InChI is InChI=1S/C21H19BrN2O2/c1-3-26-21(25)20(16-11-23-18-9-8-13(22)10-15(16)18)17-12-24(2)19-7-5-4-6-14(17)19/h4-12,20,23H,3H2,1-2H3. The molecule has 0 bridgehead atoms. The van der Waals surface area contributed by atoms with Crippen molar-refractivity contribution < 1.29 is 9.53 Å². The molecule has 0 fully saturated rings. The number of carbonyl (C=O) groups excluding carboxylic acids is 1. The maximum absolute atomic E-state index is 13.0. The van der Waals surface area contributed by atoms with E-state index in [1.54, 1.807) is 0 Å². The number of carbonyl (C=O) groups is 1. The van der Waals surface area contributed by atoms with Gasteiger partial charge in [0.15, 0.2) is 0 Å². The van der Waals surface area contributed by atoms with Crippen molar-refractivity contribution in [1.82, 2.24) is 9.55 Å². The molecule has 4 aromatic rings. The van der Waals surface area contributed by atoms with E-state index in [2.05, 4.69) is 37.6 Å². The zero-order valence-electron chi connectivity index (χ0n) is 14.6. The van der Waals surface area contributed by atoms with Crippen LogP contribution in [0, 0.1) is 0 Å². The highest BCUT2D eigenvalue weighted by Crippen LogP contribution is 2.37. The van der Waals surface area contributed by atoms with Crippen LogP contribution in [-0.2, 0) is 16.6 Å². The number of rotatable bonds is 4. The lowest BCUT2D eigenvalue weighted by molar-refractivity contribution is -0.143. The Morgan fingerprint density at radius 2 is 2.00 bits per heavy atom. The molecule has 0 aliphatic heterocycles. The van der Waals surface area contributed by atoms with Crippen molar-refractivity contribution in [3.63, 3.8) is 0 Å². The minimum atomic E-state index is -0.482. The first kappa shape index (κ1) is 16.9. The molecule has 0 saturated heterocycles. The lowest BCUT2D eigenvalue weighted by Gasteiger charge is -2.15. The van der Waals surface area contributed by atoms with E-state index in [9.17, 15) is 4.79 Å². The van der Waals surface area contributed by atoms with E-state index in [0.29, 0.717) is 6.61 Å². The number of ether oxygens (including phenoxy) is 1. The molecule has 2 heterocycles. The summed E-state index contributed by atoms with van der Waals surface area (Å²) in [5.41, 5.74) is 3.98. The first-order chi connectivity index (χ1) is 12.6. The summed E-state index contributed by atoms with van der Waals surface area (Å²) in [6.07, 6.45) is 3.95. The second-order valence-electron chi connectivity index (χ2n) is 6.33. The summed E-state index contributed by atoms with van der Waals surface area (Å²) in [4.78, 5) is 16.2. The van der Waals surface area contributed by atoms with Crippen LogP contribution >= 0.6 is 15.9 Å². The molecule has 1 unspecified atom stereocenters. The number of halogens is 1. The second kappa shape index (κ2) is 6.65. The molecule has 5 heteroatoms. The molecular formula is C21H19BrN2O2. The Kier molecular flexibility index (Phi) is 4.32. The molecule has 0 aliphatic carbocycles. The van der Waals surface area contributed by atoms with Gasteiger partial charge in [0.25, 0.3) is 0 Å². The fourth-order valence-electron chi connectivity index (χ4n) is 3.60. The number of aromatic amines is 1. The monoisotopic (exact) mass is 410 g/mol. The van der Waals surface area contributed by atoms with Crippen LogP contribution in [0.25, 0.3) is 21.8 Å². The molecule has 0 spiro atoms. The Balaban J connectivity index is 1.98. The molecule has 4 rings (SSSR count). The number of para-hydroxylation sites is 1. The average Bonchev–Trinajstić information content (AvgIpc) is 3.18. The van der Waals surface area contributed by atoms with Crippen molar-refractivity contribution in [2.24, 2.45) is 7.05 Å². The number of hydrogen-bond acceptors (Lipinski definition) is 2. The summed E-state index contributed by atoms with van der Waals surface area (Å²) in [6.45, 7) is 2.19. The number of fused-ring (bicyclic) bond motifs is 2. The normalized spacial score (nSPS) is 12.6. The lowest BCUT2D eigenvalue weighted by Crippen LogP contribution is -2.17. The Morgan fingerprint density at radius 1 is 1.19 bits per heavy atom. The number of H-pyrrole nitrogens is 1. The molecular weight excluding hydrogens is 392 g/mol. The smallest absolute Gasteiger partial charge is 0.318 e. The number of nitrogens with one attached hydrogen (secondary N) is 1. The molecule has 2 aromatic carbocycles. The fraction of sp³-hybridized carbons (Fsp3) is 0.190. The Bertz CT molecular complexity index is 1110. The third-order valence-electron chi connectivity index (χ3n) is 4.75. The van der Waals surface area contributed by atoms with E-state index in [0.717, 1.165) is 37.4 Å². The summed E-state index contributed by atoms with van der Waals surface area (Å²) in [7, 11) is 2.00. The quantitative estimate of drug-likeness (QED) is 0.474. The Labute approximate surface area is 159 Å². The van der Waals surface area contributed by atoms with Gasteiger partial charge in [0.1, 0.15) is 5.92 Å². The van der Waals surface area contributed by atoms with Gasteiger partial charge in [0.2, 0.25) is 0 Å². The van der Waals surface area contributed by atoms with Crippen molar-refractivity contribution in [3.8, 4) is 0 Å². The molecule has 2 aromatic heterocycles. The average molecular weight is 411 g/mol. The zero-order valence-corrected chi connectivity index (χ0v) is 16.2. The summed E-state index contributed by atoms with van der Waals surface area (Å²) in [6, 6.07) is 14.2. The maximum Gasteiger partial charge on any atom is 0.318 e. The van der Waals surface area contributed by atoms with E-state index in [4.69, 9.17) is 4.74 Å². The van der Waals surface area contributed by atoms with Crippen LogP contribution in [0.15, 0.2) is 59.3 Å². The van der Waals surface area contributed by atoms with Gasteiger partial charge in [-0.2, -0.15) is 0 Å². The molecule has 0 saturated carbocycles. The minimum Gasteiger partial charge on any atom is -0.465 e. The third kappa shape index (κ3) is 2.72. The van der Waals surface area contributed by atoms with Gasteiger partial charge in [-0.1, -0.05) is 34.1 Å². The van der Waals surface area contributed by atoms with E-state index >= 15 is 0 Å². The van der Waals surface area contributed by atoms with Gasteiger partial charge in [-0.15, -0.1) is 0 Å². The number of nitrogens with zero attached hydrogens (tertiary/aromatic N) is 1. The number of hydrogen-bond donors (Lipinski definition) is 1. The van der Waals surface area contributed by atoms with Gasteiger partial charge in [0.05, 0.1) is 6.61 Å². The minimum absolute atomic E-state index is 0.232. The Hall–Kier alpha value is -2.53. The molecule has 0 aliphatic rings. The molecule has 26 heavy (non-hydrogen) atoms. The summed E-state index contributed by atoms with van der Waals surface area (Å²) >= 11 is 3.53. The zero-order chi connectivity index (χ0) is 18.3. The van der Waals surface area contributed by atoms with Crippen molar-refractivity contribution in [2.45, 2.75) is 12.8 Å². The van der Waals surface area contributed by atoms with Gasteiger partial charge in [-0.05, 0) is 42.3 Å². The van der Waals surface area contributed by atoms with E-state index in [1.165, 1.54) is 0 Å². The molecule has 132 valence electrons. The highest BCUT2D eigenvalue weighted by molar-refractivity contribution is 9.10. The number of aryl methyl sites for hydroxylation is 1. The maximum atomic E-state index is 13.0. The predicted molar refractivity (Wildman–Crippen MR) is 107 cm³/mol. The van der Waals surface area contributed by atoms with Crippen LogP contribution in [0.4, 0.5) is 0 Å². The van der Waals surface area contributed by atoms with Crippen LogP contribution in [0.3, 0.4) is 0 Å². The van der Waals surface area contributed by atoms with Crippen LogP contribution < -0.4 is 0 Å². The van der Waals surface area contributed by atoms with E-state index < -0.39 is 5.92 Å². The second-order valence-corrected chi connectivity index (χ2v) is 7.25. The topological polar surface area (TPSA) is 47.0 Å². The van der Waals surface area contributed by atoms with Crippen LogP contribution in [0.2, 0.25) is 0 Å². The SMILES string of the molecule is CCOC(=O)C(c1c[nH]c2ccc(Br)cc12)c1cn(C)c2ccccc12. The highest BCUT2D eigenvalue weighted by atomic mass is 79.9. The summed E-state index contributed by atoms with van der Waals surface area (Å²) in [5.74, 6) is -0.714. The summed E-state index contributed by atoms with van der Waals surface area (Å²) in [5, 5.41) is 2.09. The van der Waals surface area contributed by atoms with Crippen molar-refractivity contribution in [1.29, 1.82) is 0 Å². The van der Waals surface area contributed by atoms with E-state index in [-0.39, 0.29) is 5.97 Å². The molecule has 0 amide bonds.